The summed E-state index contributed by atoms with van der Waals surface area (Å²) in [6.07, 6.45) is -7.81. The molecule has 3 rings (SSSR count). The molecule has 3 aromatic rings. The molecule has 1 N–H and O–H groups in total. The SMILES string of the molecule is CCc1noc(-c2ccc(CSCCC(=O)OC)cc2)c1NC(=O)OC(c1ccccc1)C(F)(F)F. The van der Waals surface area contributed by atoms with E-state index in [0.717, 1.165) is 5.56 Å². The molecule has 1 unspecified atom stereocenters. The summed E-state index contributed by atoms with van der Waals surface area (Å²) < 4.78 is 55.5. The summed E-state index contributed by atoms with van der Waals surface area (Å²) in [7, 11) is 1.35. The number of esters is 1. The third-order valence-corrected chi connectivity index (χ3v) is 6.14. The van der Waals surface area contributed by atoms with E-state index in [-0.39, 0.29) is 23.0 Å². The summed E-state index contributed by atoms with van der Waals surface area (Å²) in [5, 5.41) is 6.33. The number of hydrogen-bond acceptors (Lipinski definition) is 7. The van der Waals surface area contributed by atoms with Gasteiger partial charge in [-0.25, -0.2) is 4.79 Å². The standard InChI is InChI=1S/C25H25F3N2O5S/c1-3-19-21(29-24(32)34-23(25(26,27)28)18-7-5-4-6-8-18)22(35-30-19)17-11-9-16(10-12-17)15-36-14-13-20(31)33-2/h4-12,23H,3,13-15H2,1-2H3,(H,29,32). The van der Waals surface area contributed by atoms with E-state index in [0.29, 0.717) is 35.6 Å². The van der Waals surface area contributed by atoms with Crippen molar-refractivity contribution < 1.29 is 36.8 Å². The van der Waals surface area contributed by atoms with Crippen LogP contribution in [0.5, 0.6) is 0 Å². The molecule has 0 radical (unpaired) electrons. The number of nitrogens with zero attached hydrogens (tertiary/aromatic N) is 1. The number of halogens is 3. The number of aryl methyl sites for hydroxylation is 1. The zero-order valence-electron chi connectivity index (χ0n) is 19.6. The van der Waals surface area contributed by atoms with Crippen LogP contribution in [0.3, 0.4) is 0 Å². The molecule has 2 aromatic carbocycles. The quantitative estimate of drug-likeness (QED) is 0.238. The van der Waals surface area contributed by atoms with E-state index >= 15 is 0 Å². The van der Waals surface area contributed by atoms with Crippen molar-refractivity contribution in [3.63, 3.8) is 0 Å². The third-order valence-electron chi connectivity index (χ3n) is 5.11. The molecule has 7 nitrogen and oxygen atoms in total. The number of alkyl halides is 3. The van der Waals surface area contributed by atoms with Gasteiger partial charge in [0.05, 0.1) is 13.5 Å². The van der Waals surface area contributed by atoms with Crippen LogP contribution in [-0.4, -0.2) is 36.3 Å². The Kier molecular flexibility index (Phi) is 9.40. The lowest BCUT2D eigenvalue weighted by molar-refractivity contribution is -0.205. The Bertz CT molecular complexity index is 1150. The molecule has 1 amide bonds. The van der Waals surface area contributed by atoms with Gasteiger partial charge in [-0.15, -0.1) is 0 Å². The van der Waals surface area contributed by atoms with Gasteiger partial charge in [-0.05, 0) is 12.0 Å². The van der Waals surface area contributed by atoms with Crippen LogP contribution in [0.25, 0.3) is 11.3 Å². The fraction of sp³-hybridized carbons (Fsp3) is 0.320. The lowest BCUT2D eigenvalue weighted by Crippen LogP contribution is -2.28. The van der Waals surface area contributed by atoms with E-state index in [1.54, 1.807) is 36.9 Å². The zero-order chi connectivity index (χ0) is 26.1. The number of aromatic nitrogens is 1. The Morgan fingerprint density at radius 2 is 1.81 bits per heavy atom. The minimum absolute atomic E-state index is 0.150. The van der Waals surface area contributed by atoms with E-state index < -0.39 is 18.4 Å². The number of nitrogens with one attached hydrogen (secondary N) is 1. The predicted molar refractivity (Wildman–Crippen MR) is 129 cm³/mol. The number of amides is 1. The first-order chi connectivity index (χ1) is 17.2. The van der Waals surface area contributed by atoms with Gasteiger partial charge in [-0.3, -0.25) is 10.1 Å². The maximum Gasteiger partial charge on any atom is 0.429 e. The van der Waals surface area contributed by atoms with Crippen LogP contribution >= 0.6 is 11.8 Å². The van der Waals surface area contributed by atoms with Crippen LogP contribution in [0.1, 0.15) is 36.3 Å². The maximum atomic E-state index is 13.6. The van der Waals surface area contributed by atoms with Crippen LogP contribution in [-0.2, 0) is 26.4 Å². The van der Waals surface area contributed by atoms with E-state index in [2.05, 4.69) is 15.2 Å². The van der Waals surface area contributed by atoms with Crippen LogP contribution in [0.2, 0.25) is 0 Å². The van der Waals surface area contributed by atoms with Crippen LogP contribution in [0.15, 0.2) is 59.1 Å². The maximum absolute atomic E-state index is 13.6. The molecule has 1 heterocycles. The zero-order valence-corrected chi connectivity index (χ0v) is 20.4. The van der Waals surface area contributed by atoms with Crippen LogP contribution in [0.4, 0.5) is 23.7 Å². The van der Waals surface area contributed by atoms with Crippen molar-refractivity contribution in [2.24, 2.45) is 0 Å². The second-order valence-electron chi connectivity index (χ2n) is 7.63. The van der Waals surface area contributed by atoms with E-state index in [9.17, 15) is 22.8 Å². The number of benzene rings is 2. The van der Waals surface area contributed by atoms with Gasteiger partial charge in [-0.1, -0.05) is 66.7 Å². The largest absolute Gasteiger partial charge is 0.469 e. The predicted octanol–water partition coefficient (Wildman–Crippen LogP) is 6.55. The van der Waals surface area contributed by atoms with Gasteiger partial charge in [0.1, 0.15) is 11.4 Å². The highest BCUT2D eigenvalue weighted by Gasteiger charge is 2.44. The molecule has 1 aromatic heterocycles. The summed E-state index contributed by atoms with van der Waals surface area (Å²) in [6, 6.07) is 14.1. The number of hydrogen-bond donors (Lipinski definition) is 1. The normalized spacial score (nSPS) is 12.1. The molecule has 0 aliphatic rings. The molecule has 192 valence electrons. The molecule has 36 heavy (non-hydrogen) atoms. The van der Waals surface area contributed by atoms with Crippen molar-refractivity contribution in [3.8, 4) is 11.3 Å². The number of anilines is 1. The van der Waals surface area contributed by atoms with E-state index in [1.807, 2.05) is 12.1 Å². The number of methoxy groups -OCH3 is 1. The lowest BCUT2D eigenvalue weighted by atomic mass is 10.1. The highest BCUT2D eigenvalue weighted by atomic mass is 32.2. The average molecular weight is 523 g/mol. The monoisotopic (exact) mass is 522 g/mol. The van der Waals surface area contributed by atoms with Crippen molar-refractivity contribution in [1.29, 1.82) is 0 Å². The number of thioether (sulfide) groups is 1. The van der Waals surface area contributed by atoms with Gasteiger partial charge in [0.15, 0.2) is 5.76 Å². The van der Waals surface area contributed by atoms with E-state index in [1.165, 1.54) is 31.4 Å². The Hall–Kier alpha value is -3.47. The first kappa shape index (κ1) is 27.1. The summed E-state index contributed by atoms with van der Waals surface area (Å²) in [5.41, 5.74) is 1.90. The number of rotatable bonds is 10. The summed E-state index contributed by atoms with van der Waals surface area (Å²) >= 11 is 1.57. The number of ether oxygens (including phenoxy) is 2. The number of carbonyl (C=O) groups is 2. The first-order valence-corrected chi connectivity index (χ1v) is 12.2. The second kappa shape index (κ2) is 12.5. The van der Waals surface area contributed by atoms with Crippen molar-refractivity contribution in [2.45, 2.75) is 37.8 Å². The van der Waals surface area contributed by atoms with Gasteiger partial charge < -0.3 is 14.0 Å². The fourth-order valence-corrected chi connectivity index (χ4v) is 4.16. The molecule has 0 aliphatic heterocycles. The Labute approximate surface area is 210 Å². The van der Waals surface area contributed by atoms with Crippen molar-refractivity contribution in [1.82, 2.24) is 5.16 Å². The first-order valence-electron chi connectivity index (χ1n) is 11.0. The highest BCUT2D eigenvalue weighted by molar-refractivity contribution is 7.98. The molecule has 0 aliphatic carbocycles. The van der Waals surface area contributed by atoms with Gasteiger partial charge in [-0.2, -0.15) is 24.9 Å². The molecule has 0 saturated heterocycles. The van der Waals surface area contributed by atoms with Gasteiger partial charge in [0.2, 0.25) is 6.10 Å². The molecular weight excluding hydrogens is 497 g/mol. The lowest BCUT2D eigenvalue weighted by Gasteiger charge is -2.21. The highest BCUT2D eigenvalue weighted by Crippen LogP contribution is 2.37. The van der Waals surface area contributed by atoms with Crippen molar-refractivity contribution in [3.05, 3.63) is 71.4 Å². The molecule has 0 bridgehead atoms. The third kappa shape index (κ3) is 7.27. The Morgan fingerprint density at radius 3 is 2.42 bits per heavy atom. The molecule has 0 fully saturated rings. The van der Waals surface area contributed by atoms with Crippen molar-refractivity contribution in [2.75, 3.05) is 18.2 Å². The summed E-state index contributed by atoms with van der Waals surface area (Å²) in [4.78, 5) is 23.7. The second-order valence-corrected chi connectivity index (χ2v) is 8.73. The van der Waals surface area contributed by atoms with Crippen molar-refractivity contribution >= 4 is 29.5 Å². The summed E-state index contributed by atoms with van der Waals surface area (Å²) in [5.74, 6) is 1.23. The minimum Gasteiger partial charge on any atom is -0.469 e. The summed E-state index contributed by atoms with van der Waals surface area (Å²) in [6.45, 7) is 1.77. The Morgan fingerprint density at radius 1 is 1.11 bits per heavy atom. The topological polar surface area (TPSA) is 90.7 Å². The van der Waals surface area contributed by atoms with Crippen LogP contribution < -0.4 is 5.32 Å². The number of carbonyl (C=O) groups excluding carboxylic acids is 2. The molecule has 0 spiro atoms. The molecule has 1 atom stereocenters. The molecular formula is C25H25F3N2O5S. The van der Waals surface area contributed by atoms with Crippen LogP contribution in [0, 0.1) is 0 Å². The van der Waals surface area contributed by atoms with Gasteiger partial charge in [0.25, 0.3) is 0 Å². The molecule has 11 heteroatoms. The Balaban J connectivity index is 1.72. The smallest absolute Gasteiger partial charge is 0.429 e. The average Bonchev–Trinajstić information content (AvgIpc) is 3.27. The van der Waals surface area contributed by atoms with E-state index in [4.69, 9.17) is 9.26 Å². The fourth-order valence-electron chi connectivity index (χ4n) is 3.28. The van der Waals surface area contributed by atoms with Gasteiger partial charge in [0, 0.05) is 22.6 Å². The molecule has 0 saturated carbocycles. The minimum atomic E-state index is -4.80. The van der Waals surface area contributed by atoms with Gasteiger partial charge >= 0.3 is 18.2 Å².